The van der Waals surface area contributed by atoms with Crippen molar-refractivity contribution in [1.82, 2.24) is 21.3 Å². The summed E-state index contributed by atoms with van der Waals surface area (Å²) in [6.07, 6.45) is 0. The molecule has 8 nitrogen and oxygen atoms in total. The molecule has 0 radical (unpaired) electrons. The molecule has 0 saturated carbocycles. The minimum Gasteiger partial charge on any atom is -0.484 e. The number of para-hydroxylation sites is 2. The molecule has 0 heterocycles. The van der Waals surface area contributed by atoms with Crippen LogP contribution in [0.15, 0.2) is 60.7 Å². The van der Waals surface area contributed by atoms with Gasteiger partial charge < -0.3 is 30.7 Å². The van der Waals surface area contributed by atoms with Crippen molar-refractivity contribution in [3.05, 3.63) is 60.7 Å². The maximum atomic E-state index is 11.9. The molecule has 0 spiro atoms. The third-order valence-corrected chi connectivity index (χ3v) is 9.30. The first-order valence-corrected chi connectivity index (χ1v) is 15.0. The maximum Gasteiger partial charge on any atom is 0.257 e. The van der Waals surface area contributed by atoms with Gasteiger partial charge in [-0.3, -0.25) is 9.59 Å². The zero-order valence-corrected chi connectivity index (χ0v) is 27.0. The van der Waals surface area contributed by atoms with Gasteiger partial charge in [0.25, 0.3) is 11.8 Å². The molecule has 226 valence electrons. The molecule has 0 bridgehead atoms. The van der Waals surface area contributed by atoms with E-state index in [1.165, 1.54) is 0 Å². The molecule has 2 amide bonds. The highest BCUT2D eigenvalue weighted by atomic mass is 35.5. The van der Waals surface area contributed by atoms with Crippen LogP contribution in [0.3, 0.4) is 0 Å². The van der Waals surface area contributed by atoms with Crippen LogP contribution in [-0.4, -0.2) is 73.8 Å². The molecule has 0 aliphatic rings. The Hall–Kier alpha value is -1.82. The summed E-state index contributed by atoms with van der Waals surface area (Å²) in [5, 5.41) is 12.6. The number of amides is 2. The van der Waals surface area contributed by atoms with Gasteiger partial charge in [-0.1, -0.05) is 58.0 Å². The summed E-state index contributed by atoms with van der Waals surface area (Å²) in [6, 6.07) is 18.6. The standard InChI is InChI=1S/C28H42N4O4S2.2ClH/c1-27(2,21-29-15-17-31-25(33)19-35-23-11-7-5-8-12-23)37-38-28(3,4)22-30-16-18-32-26(34)20-36-24-13-9-6-10-14-24;;/h5-14,29-30H,15-22H2,1-4H3,(H,31,33)(H,32,34);2*1H. The summed E-state index contributed by atoms with van der Waals surface area (Å²) in [6.45, 7) is 13.0. The topological polar surface area (TPSA) is 101 Å². The van der Waals surface area contributed by atoms with E-state index < -0.39 is 0 Å². The lowest BCUT2D eigenvalue weighted by molar-refractivity contribution is -0.123. The highest BCUT2D eigenvalue weighted by molar-refractivity contribution is 8.77. The Balaban J connectivity index is 0.00000760. The predicted octanol–water partition coefficient (Wildman–Crippen LogP) is 4.34. The first kappa shape index (κ1) is 38.2. The Labute approximate surface area is 259 Å². The van der Waals surface area contributed by atoms with Gasteiger partial charge >= 0.3 is 0 Å². The van der Waals surface area contributed by atoms with Gasteiger partial charge in [0.1, 0.15) is 11.5 Å². The van der Waals surface area contributed by atoms with Crippen molar-refractivity contribution in [2.45, 2.75) is 37.2 Å². The number of halogens is 2. The quantitative estimate of drug-likeness (QED) is 0.134. The van der Waals surface area contributed by atoms with E-state index in [0.717, 1.165) is 13.1 Å². The number of nitrogens with one attached hydrogen (secondary N) is 4. The third kappa shape index (κ3) is 18.5. The van der Waals surface area contributed by atoms with E-state index >= 15 is 0 Å². The summed E-state index contributed by atoms with van der Waals surface area (Å²) in [5.41, 5.74) is 0. The molecule has 0 unspecified atom stereocenters. The normalized spacial score (nSPS) is 11.0. The smallest absolute Gasteiger partial charge is 0.257 e. The molecule has 0 aromatic heterocycles. The molecule has 2 aromatic rings. The van der Waals surface area contributed by atoms with Gasteiger partial charge in [0, 0.05) is 48.8 Å². The van der Waals surface area contributed by atoms with Crippen molar-refractivity contribution in [3.8, 4) is 11.5 Å². The number of hydrogen-bond donors (Lipinski definition) is 4. The molecule has 12 heteroatoms. The molecular weight excluding hydrogens is 591 g/mol. The van der Waals surface area contributed by atoms with Crippen LogP contribution in [0, 0.1) is 0 Å². The second kappa shape index (κ2) is 21.0. The van der Waals surface area contributed by atoms with Crippen molar-refractivity contribution >= 4 is 58.2 Å². The largest absolute Gasteiger partial charge is 0.484 e. The van der Waals surface area contributed by atoms with Crippen molar-refractivity contribution in [2.75, 3.05) is 52.5 Å². The van der Waals surface area contributed by atoms with Crippen molar-refractivity contribution < 1.29 is 19.1 Å². The van der Waals surface area contributed by atoms with E-state index in [0.29, 0.717) is 37.7 Å². The molecule has 2 aromatic carbocycles. The van der Waals surface area contributed by atoms with Crippen LogP contribution >= 0.6 is 46.4 Å². The number of carbonyl (C=O) groups is 2. The second-order valence-corrected chi connectivity index (χ2v) is 13.5. The number of benzene rings is 2. The number of rotatable bonds is 19. The SMILES string of the molecule is CC(C)(CNCCNC(=O)COc1ccccc1)SSC(C)(C)CNCCNC(=O)COc1ccccc1.Cl.Cl. The summed E-state index contributed by atoms with van der Waals surface area (Å²) < 4.78 is 11.0. The summed E-state index contributed by atoms with van der Waals surface area (Å²) in [5.74, 6) is 1.11. The van der Waals surface area contributed by atoms with Crippen molar-refractivity contribution in [3.63, 3.8) is 0 Å². The van der Waals surface area contributed by atoms with E-state index in [9.17, 15) is 9.59 Å². The van der Waals surface area contributed by atoms with Crippen LogP contribution in [0.25, 0.3) is 0 Å². The van der Waals surface area contributed by atoms with Crippen molar-refractivity contribution in [1.29, 1.82) is 0 Å². The first-order chi connectivity index (χ1) is 18.2. The van der Waals surface area contributed by atoms with Crippen molar-refractivity contribution in [2.24, 2.45) is 0 Å². The fourth-order valence-electron chi connectivity index (χ4n) is 3.08. The van der Waals surface area contributed by atoms with Gasteiger partial charge in [0.05, 0.1) is 0 Å². The van der Waals surface area contributed by atoms with Crippen LogP contribution in [0.2, 0.25) is 0 Å². The molecule has 40 heavy (non-hydrogen) atoms. The number of ether oxygens (including phenoxy) is 2. The van der Waals surface area contributed by atoms with E-state index in [2.05, 4.69) is 49.0 Å². The van der Waals surface area contributed by atoms with Crippen LogP contribution in [0.4, 0.5) is 0 Å². The third-order valence-electron chi connectivity index (χ3n) is 5.07. The van der Waals surface area contributed by atoms with E-state index in [4.69, 9.17) is 9.47 Å². The lowest BCUT2D eigenvalue weighted by atomic mass is 10.2. The van der Waals surface area contributed by atoms with E-state index in [1.54, 1.807) is 0 Å². The van der Waals surface area contributed by atoms with Gasteiger partial charge in [-0.25, -0.2) is 0 Å². The maximum absolute atomic E-state index is 11.9. The predicted molar refractivity (Wildman–Crippen MR) is 173 cm³/mol. The van der Waals surface area contributed by atoms with Gasteiger partial charge in [0.2, 0.25) is 0 Å². The van der Waals surface area contributed by atoms with Crippen LogP contribution in [0.5, 0.6) is 11.5 Å². The van der Waals surface area contributed by atoms with E-state index in [1.807, 2.05) is 82.3 Å². The fraction of sp³-hybridized carbons (Fsp3) is 0.500. The molecule has 0 fully saturated rings. The summed E-state index contributed by atoms with van der Waals surface area (Å²) in [7, 11) is 3.70. The minimum absolute atomic E-state index is 0. The fourth-order valence-corrected chi connectivity index (χ4v) is 5.56. The van der Waals surface area contributed by atoms with E-state index in [-0.39, 0.29) is 59.3 Å². The average molecular weight is 636 g/mol. The molecule has 0 aliphatic heterocycles. The highest BCUT2D eigenvalue weighted by Crippen LogP contribution is 2.42. The molecule has 2 rings (SSSR count). The Morgan fingerprint density at radius 2 is 0.975 bits per heavy atom. The number of hydrogen-bond acceptors (Lipinski definition) is 8. The Morgan fingerprint density at radius 3 is 1.32 bits per heavy atom. The van der Waals surface area contributed by atoms with Gasteiger partial charge in [-0.15, -0.1) is 24.8 Å². The molecule has 4 N–H and O–H groups in total. The Bertz CT molecular complexity index is 880. The second-order valence-electron chi connectivity index (χ2n) is 9.94. The highest BCUT2D eigenvalue weighted by Gasteiger charge is 2.25. The molecule has 0 saturated heterocycles. The van der Waals surface area contributed by atoms with Crippen LogP contribution in [-0.2, 0) is 9.59 Å². The van der Waals surface area contributed by atoms with Gasteiger partial charge in [-0.2, -0.15) is 0 Å². The summed E-state index contributed by atoms with van der Waals surface area (Å²) in [4.78, 5) is 23.9. The van der Waals surface area contributed by atoms with Gasteiger partial charge in [0.15, 0.2) is 13.2 Å². The summed E-state index contributed by atoms with van der Waals surface area (Å²) >= 11 is 0. The number of carbonyl (C=O) groups excluding carboxylic acids is 2. The minimum atomic E-state index is -0.130. The Kier molecular flexibility index (Phi) is 20.0. The molecule has 0 aliphatic carbocycles. The monoisotopic (exact) mass is 634 g/mol. The lowest BCUT2D eigenvalue weighted by Gasteiger charge is -2.30. The first-order valence-electron chi connectivity index (χ1n) is 12.8. The zero-order valence-electron chi connectivity index (χ0n) is 23.7. The van der Waals surface area contributed by atoms with Crippen LogP contribution in [0.1, 0.15) is 27.7 Å². The molecule has 0 atom stereocenters. The lowest BCUT2D eigenvalue weighted by Crippen LogP contribution is -2.40. The van der Waals surface area contributed by atoms with Gasteiger partial charge in [-0.05, 0) is 52.0 Å². The Morgan fingerprint density at radius 1 is 0.625 bits per heavy atom. The van der Waals surface area contributed by atoms with Crippen LogP contribution < -0.4 is 30.7 Å². The zero-order chi connectivity index (χ0) is 27.7. The molecular formula is C28H44Cl2N4O4S2. The average Bonchev–Trinajstić information content (AvgIpc) is 2.90.